The Morgan fingerprint density at radius 2 is 1.37 bits per heavy atom. The zero-order valence-electron chi connectivity index (χ0n) is 28.8. The van der Waals surface area contributed by atoms with Gasteiger partial charge in [-0.2, -0.15) is 18.2 Å². The number of halogens is 5. The number of sulfone groups is 1. The fraction of sp³-hybridized carbons (Fsp3) is 0.306. The van der Waals surface area contributed by atoms with Gasteiger partial charge in [0.15, 0.2) is 5.82 Å². The molecule has 0 aliphatic heterocycles. The Kier molecular flexibility index (Phi) is 10.4. The highest BCUT2D eigenvalue weighted by Crippen LogP contribution is 2.45. The van der Waals surface area contributed by atoms with Gasteiger partial charge >= 0.3 is 6.18 Å². The summed E-state index contributed by atoms with van der Waals surface area (Å²) >= 11 is 6.62. The third kappa shape index (κ3) is 8.45. The number of alkyl halides is 3. The van der Waals surface area contributed by atoms with Crippen LogP contribution in [0.15, 0.2) is 65.8 Å². The van der Waals surface area contributed by atoms with Gasteiger partial charge in [0.05, 0.1) is 41.4 Å². The second kappa shape index (κ2) is 14.1. The van der Waals surface area contributed by atoms with E-state index in [-0.39, 0.29) is 35.7 Å². The van der Waals surface area contributed by atoms with Gasteiger partial charge in [0.25, 0.3) is 5.16 Å². The summed E-state index contributed by atoms with van der Waals surface area (Å²) < 4.78 is 103. The topological polar surface area (TPSA) is 104 Å². The van der Waals surface area contributed by atoms with E-state index >= 15 is 4.39 Å². The van der Waals surface area contributed by atoms with Gasteiger partial charge in [-0.1, -0.05) is 35.9 Å². The first-order valence-corrected chi connectivity index (χ1v) is 17.7. The zero-order chi connectivity index (χ0) is 37.5. The van der Waals surface area contributed by atoms with Crippen molar-refractivity contribution in [1.82, 2.24) is 15.0 Å². The minimum Gasteiger partial charge on any atom is -0.497 e. The van der Waals surface area contributed by atoms with Crippen LogP contribution in [0.5, 0.6) is 17.4 Å². The van der Waals surface area contributed by atoms with Crippen LogP contribution in [0.3, 0.4) is 0 Å². The lowest BCUT2D eigenvalue weighted by Gasteiger charge is -2.27. The average molecular weight is 747 g/mol. The Labute approximate surface area is 298 Å². The first-order chi connectivity index (χ1) is 23.8. The predicted molar refractivity (Wildman–Crippen MR) is 187 cm³/mol. The van der Waals surface area contributed by atoms with Gasteiger partial charge in [-0.15, -0.1) is 0 Å². The number of anilines is 1. The van der Waals surface area contributed by atoms with Crippen LogP contribution in [0, 0.1) is 12.7 Å². The van der Waals surface area contributed by atoms with Crippen molar-refractivity contribution < 1.29 is 40.2 Å². The molecule has 0 saturated heterocycles. The van der Waals surface area contributed by atoms with Crippen molar-refractivity contribution in [2.45, 2.75) is 57.7 Å². The van der Waals surface area contributed by atoms with Crippen LogP contribution in [0.2, 0.25) is 5.02 Å². The minimum atomic E-state index is -4.99. The monoisotopic (exact) mass is 746 g/mol. The number of methoxy groups -OCH3 is 2. The van der Waals surface area contributed by atoms with Crippen LogP contribution in [-0.4, -0.2) is 49.4 Å². The Morgan fingerprint density at radius 1 is 0.843 bits per heavy atom. The van der Waals surface area contributed by atoms with Crippen molar-refractivity contribution in [2.75, 3.05) is 25.4 Å². The van der Waals surface area contributed by atoms with E-state index in [0.717, 1.165) is 23.4 Å². The molecule has 5 rings (SSSR count). The lowest BCUT2D eigenvalue weighted by atomic mass is 9.98. The molecule has 0 aliphatic rings. The molecule has 2 aromatic heterocycles. The summed E-state index contributed by atoms with van der Waals surface area (Å²) in [6.07, 6.45) is -4.17. The molecule has 0 N–H and O–H groups in total. The van der Waals surface area contributed by atoms with Crippen LogP contribution in [0.1, 0.15) is 43.0 Å². The second-order valence-electron chi connectivity index (χ2n) is 12.8. The maximum Gasteiger partial charge on any atom is 0.418 e. The molecule has 51 heavy (non-hydrogen) atoms. The summed E-state index contributed by atoms with van der Waals surface area (Å²) in [4.78, 5) is 14.1. The van der Waals surface area contributed by atoms with Crippen molar-refractivity contribution in [2.24, 2.45) is 0 Å². The van der Waals surface area contributed by atoms with Gasteiger partial charge in [0, 0.05) is 19.3 Å². The Hall–Kier alpha value is -4.69. The van der Waals surface area contributed by atoms with Gasteiger partial charge in [0.1, 0.15) is 28.4 Å². The highest BCUT2D eigenvalue weighted by Gasteiger charge is 2.39. The van der Waals surface area contributed by atoms with E-state index in [4.69, 9.17) is 25.8 Å². The number of hydrogen-bond acceptors (Lipinski definition) is 9. The molecular weight excluding hydrogens is 712 g/mol. The van der Waals surface area contributed by atoms with E-state index in [0.29, 0.717) is 11.5 Å². The van der Waals surface area contributed by atoms with E-state index in [1.54, 1.807) is 49.9 Å². The van der Waals surface area contributed by atoms with E-state index in [1.807, 2.05) is 24.3 Å². The zero-order valence-corrected chi connectivity index (χ0v) is 30.4. The van der Waals surface area contributed by atoms with Gasteiger partial charge < -0.3 is 19.1 Å². The molecule has 0 amide bonds. The van der Waals surface area contributed by atoms with Crippen molar-refractivity contribution in [1.29, 1.82) is 0 Å². The number of fused-ring (bicyclic) bond motifs is 1. The molecule has 0 saturated carbocycles. The number of nitrogens with zero attached hydrogens (tertiary/aromatic N) is 4. The summed E-state index contributed by atoms with van der Waals surface area (Å²) in [5.74, 6) is -0.304. The molecule has 15 heteroatoms. The summed E-state index contributed by atoms with van der Waals surface area (Å²) in [7, 11) is -1.06. The molecule has 0 unspecified atom stereocenters. The lowest BCUT2D eigenvalue weighted by molar-refractivity contribution is -0.137. The van der Waals surface area contributed by atoms with Gasteiger partial charge in [0.2, 0.25) is 15.7 Å². The minimum absolute atomic E-state index is 0.0916. The standard InChI is InChI=1S/C36H35ClF4N4O5S/c1-20-16-27(45(18-21-8-12-23(48-5)13-9-21)19-22-10-14-24(49-6)15-11-22)42-32(29(20)36(39,40)41)28-26(37)17-25-31(30(28)38)43-34(51(7,46)47)44-33(25)50-35(2,3)4/h8-17H,18-19H2,1-7H3. The summed E-state index contributed by atoms with van der Waals surface area (Å²) in [6, 6.07) is 16.7. The van der Waals surface area contributed by atoms with Crippen LogP contribution >= 0.6 is 11.6 Å². The SMILES string of the molecule is COc1ccc(CN(Cc2ccc(OC)cc2)c2cc(C)c(C(F)(F)F)c(-c3c(Cl)cc4c(OC(C)(C)C)nc(S(C)(=O)=O)nc4c3F)n2)cc1. The van der Waals surface area contributed by atoms with E-state index < -0.39 is 59.9 Å². The van der Waals surface area contributed by atoms with Gasteiger partial charge in [-0.05, 0) is 80.8 Å². The third-order valence-electron chi connectivity index (χ3n) is 7.67. The number of aryl methyl sites for hydroxylation is 1. The fourth-order valence-corrected chi connectivity index (χ4v) is 6.16. The molecule has 270 valence electrons. The molecule has 5 aromatic rings. The second-order valence-corrected chi connectivity index (χ2v) is 15.1. The summed E-state index contributed by atoms with van der Waals surface area (Å²) in [5, 5.41) is -1.35. The number of aromatic nitrogens is 3. The molecule has 0 bridgehead atoms. The van der Waals surface area contributed by atoms with Crippen molar-refractivity contribution in [3.8, 4) is 28.6 Å². The number of benzene rings is 3. The maximum absolute atomic E-state index is 16.8. The van der Waals surface area contributed by atoms with E-state index in [9.17, 15) is 21.6 Å². The molecule has 0 aliphatic carbocycles. The van der Waals surface area contributed by atoms with Crippen LogP contribution < -0.4 is 19.1 Å². The highest BCUT2D eigenvalue weighted by molar-refractivity contribution is 7.90. The number of rotatable bonds is 10. The Balaban J connectivity index is 1.78. The molecule has 9 nitrogen and oxygen atoms in total. The van der Waals surface area contributed by atoms with Gasteiger partial charge in [-0.25, -0.2) is 22.8 Å². The average Bonchev–Trinajstić information content (AvgIpc) is 3.03. The number of ether oxygens (including phenoxy) is 3. The summed E-state index contributed by atoms with van der Waals surface area (Å²) in [6.45, 7) is 6.61. The predicted octanol–water partition coefficient (Wildman–Crippen LogP) is 8.62. The number of pyridine rings is 1. The largest absolute Gasteiger partial charge is 0.497 e. The molecule has 3 aromatic carbocycles. The van der Waals surface area contributed by atoms with Crippen molar-refractivity contribution >= 4 is 38.2 Å². The van der Waals surface area contributed by atoms with E-state index in [1.165, 1.54) is 27.2 Å². The molecule has 0 atom stereocenters. The first-order valence-electron chi connectivity index (χ1n) is 15.5. The van der Waals surface area contributed by atoms with Gasteiger partial charge in [-0.3, -0.25) is 0 Å². The third-order valence-corrected chi connectivity index (χ3v) is 8.82. The summed E-state index contributed by atoms with van der Waals surface area (Å²) in [5.41, 5.74) is -2.92. The fourth-order valence-electron chi connectivity index (χ4n) is 5.38. The molecular formula is C36H35ClF4N4O5S. The smallest absolute Gasteiger partial charge is 0.418 e. The quantitative estimate of drug-likeness (QED) is 0.103. The van der Waals surface area contributed by atoms with Crippen LogP contribution in [0.25, 0.3) is 22.2 Å². The first kappa shape index (κ1) is 37.6. The van der Waals surface area contributed by atoms with Crippen molar-refractivity contribution in [3.05, 3.63) is 93.8 Å². The molecule has 0 fully saturated rings. The normalized spacial score (nSPS) is 12.2. The Morgan fingerprint density at radius 3 is 1.82 bits per heavy atom. The van der Waals surface area contributed by atoms with Crippen LogP contribution in [-0.2, 0) is 29.1 Å². The maximum atomic E-state index is 16.8. The van der Waals surface area contributed by atoms with Crippen molar-refractivity contribution in [3.63, 3.8) is 0 Å². The molecule has 0 radical (unpaired) electrons. The van der Waals surface area contributed by atoms with Crippen LogP contribution in [0.4, 0.5) is 23.4 Å². The molecule has 2 heterocycles. The lowest BCUT2D eigenvalue weighted by Crippen LogP contribution is -2.25. The highest BCUT2D eigenvalue weighted by atomic mass is 35.5. The molecule has 0 spiro atoms. The Bertz CT molecular complexity index is 2140. The number of hydrogen-bond donors (Lipinski definition) is 0. The van der Waals surface area contributed by atoms with E-state index in [2.05, 4.69) is 15.0 Å².